The smallest absolute Gasteiger partial charge is 0.233 e. The largest absolute Gasteiger partial charge is 0.399 e. The van der Waals surface area contributed by atoms with Crippen molar-refractivity contribution in [1.29, 1.82) is 0 Å². The zero-order valence-electron chi connectivity index (χ0n) is 17.4. The third-order valence-electron chi connectivity index (χ3n) is 5.28. The Hall–Kier alpha value is -3.26. The van der Waals surface area contributed by atoms with Crippen LogP contribution in [-0.4, -0.2) is 57.5 Å². The van der Waals surface area contributed by atoms with E-state index >= 15 is 0 Å². The van der Waals surface area contributed by atoms with Crippen LogP contribution in [-0.2, 0) is 11.3 Å². The van der Waals surface area contributed by atoms with Crippen molar-refractivity contribution in [2.24, 2.45) is 0 Å². The number of rotatable bonds is 7. The Morgan fingerprint density at radius 1 is 1.03 bits per heavy atom. The molecule has 0 spiro atoms. The zero-order valence-corrected chi connectivity index (χ0v) is 18.2. The minimum Gasteiger partial charge on any atom is -0.399 e. The number of hydrogen-bond acceptors (Lipinski definition) is 6. The molecule has 0 bridgehead atoms. The molecule has 8 heteroatoms. The SMILES string of the molecule is C=CCn1c(SCC(=O)N2CCN(c3ccccc3)CC2)nnc1-c1ccc(N)cc1. The number of para-hydroxylation sites is 1. The molecule has 1 fully saturated rings. The van der Waals surface area contributed by atoms with Gasteiger partial charge in [-0.05, 0) is 36.4 Å². The fraction of sp³-hybridized carbons (Fsp3) is 0.261. The second kappa shape index (κ2) is 9.70. The van der Waals surface area contributed by atoms with Gasteiger partial charge in [-0.25, -0.2) is 0 Å². The van der Waals surface area contributed by atoms with Crippen molar-refractivity contribution in [3.8, 4) is 11.4 Å². The van der Waals surface area contributed by atoms with Gasteiger partial charge >= 0.3 is 0 Å². The second-order valence-corrected chi connectivity index (χ2v) is 8.26. The third-order valence-corrected chi connectivity index (χ3v) is 6.23. The van der Waals surface area contributed by atoms with E-state index in [4.69, 9.17) is 5.73 Å². The van der Waals surface area contributed by atoms with Gasteiger partial charge in [0.05, 0.1) is 5.75 Å². The summed E-state index contributed by atoms with van der Waals surface area (Å²) < 4.78 is 1.98. The first-order valence-corrected chi connectivity index (χ1v) is 11.2. The zero-order chi connectivity index (χ0) is 21.6. The molecule has 0 unspecified atom stereocenters. The highest BCUT2D eigenvalue weighted by molar-refractivity contribution is 7.99. The number of benzene rings is 2. The molecule has 4 rings (SSSR count). The van der Waals surface area contributed by atoms with E-state index in [-0.39, 0.29) is 5.91 Å². The van der Waals surface area contributed by atoms with Crippen molar-refractivity contribution >= 4 is 29.0 Å². The van der Waals surface area contributed by atoms with Gasteiger partial charge in [0, 0.05) is 49.7 Å². The van der Waals surface area contributed by atoms with E-state index in [0.717, 1.165) is 37.6 Å². The van der Waals surface area contributed by atoms with Gasteiger partial charge in [0.2, 0.25) is 5.91 Å². The van der Waals surface area contributed by atoms with Gasteiger partial charge in [-0.1, -0.05) is 36.0 Å². The van der Waals surface area contributed by atoms with Crippen LogP contribution >= 0.6 is 11.8 Å². The van der Waals surface area contributed by atoms with Gasteiger partial charge < -0.3 is 15.5 Å². The molecule has 1 aliphatic rings. The summed E-state index contributed by atoms with van der Waals surface area (Å²) in [6.45, 7) is 7.55. The lowest BCUT2D eigenvalue weighted by molar-refractivity contribution is -0.128. The highest BCUT2D eigenvalue weighted by atomic mass is 32.2. The maximum absolute atomic E-state index is 12.8. The van der Waals surface area contributed by atoms with E-state index in [1.807, 2.05) is 51.9 Å². The highest BCUT2D eigenvalue weighted by Crippen LogP contribution is 2.25. The molecule has 2 N–H and O–H groups in total. The van der Waals surface area contributed by atoms with Crippen molar-refractivity contribution in [1.82, 2.24) is 19.7 Å². The van der Waals surface area contributed by atoms with Crippen LogP contribution in [0.4, 0.5) is 11.4 Å². The molecule has 0 saturated carbocycles. The Balaban J connectivity index is 1.37. The first kappa shape index (κ1) is 21.0. The van der Waals surface area contributed by atoms with Crippen LogP contribution in [0.5, 0.6) is 0 Å². The first-order valence-electron chi connectivity index (χ1n) is 10.3. The average Bonchev–Trinajstić information content (AvgIpc) is 3.21. The van der Waals surface area contributed by atoms with E-state index in [9.17, 15) is 4.79 Å². The second-order valence-electron chi connectivity index (χ2n) is 7.32. The summed E-state index contributed by atoms with van der Waals surface area (Å²) >= 11 is 1.42. The number of allylic oxidation sites excluding steroid dienone is 1. The molecular formula is C23H26N6OS. The normalized spacial score (nSPS) is 13.9. The molecule has 3 aromatic rings. The summed E-state index contributed by atoms with van der Waals surface area (Å²) in [6, 6.07) is 17.8. The number of nitrogens with two attached hydrogens (primary N) is 1. The predicted octanol–water partition coefficient (Wildman–Crippen LogP) is 3.15. The number of piperazine rings is 1. The summed E-state index contributed by atoms with van der Waals surface area (Å²) in [5, 5.41) is 9.37. The molecular weight excluding hydrogens is 408 g/mol. The number of carbonyl (C=O) groups excluding carboxylic acids is 1. The van der Waals surface area contributed by atoms with Crippen molar-refractivity contribution in [2.75, 3.05) is 42.6 Å². The van der Waals surface area contributed by atoms with Crippen molar-refractivity contribution in [3.63, 3.8) is 0 Å². The van der Waals surface area contributed by atoms with Gasteiger partial charge in [0.1, 0.15) is 0 Å². The monoisotopic (exact) mass is 434 g/mol. The Bertz CT molecular complexity index is 1030. The fourth-order valence-electron chi connectivity index (χ4n) is 3.61. The van der Waals surface area contributed by atoms with Gasteiger partial charge in [0.15, 0.2) is 11.0 Å². The lowest BCUT2D eigenvalue weighted by atomic mass is 10.2. The molecule has 0 atom stereocenters. The molecule has 1 aliphatic heterocycles. The molecule has 1 amide bonds. The van der Waals surface area contributed by atoms with E-state index in [2.05, 4.69) is 33.8 Å². The maximum atomic E-state index is 12.8. The average molecular weight is 435 g/mol. The number of aromatic nitrogens is 3. The molecule has 160 valence electrons. The van der Waals surface area contributed by atoms with Crippen LogP contribution in [0.3, 0.4) is 0 Å². The van der Waals surface area contributed by atoms with E-state index in [1.54, 1.807) is 6.08 Å². The molecule has 31 heavy (non-hydrogen) atoms. The summed E-state index contributed by atoms with van der Waals surface area (Å²) in [6.07, 6.45) is 1.80. The summed E-state index contributed by atoms with van der Waals surface area (Å²) in [5.74, 6) is 1.20. The molecule has 0 radical (unpaired) electrons. The van der Waals surface area contributed by atoms with Gasteiger partial charge in [-0.15, -0.1) is 16.8 Å². The number of anilines is 2. The minimum atomic E-state index is 0.125. The Kier molecular flexibility index (Phi) is 6.57. The third kappa shape index (κ3) is 4.91. The first-order chi connectivity index (χ1) is 15.2. The number of amides is 1. The Labute approximate surface area is 186 Å². The summed E-state index contributed by atoms with van der Waals surface area (Å²) in [4.78, 5) is 17.0. The Morgan fingerprint density at radius 2 is 1.74 bits per heavy atom. The summed E-state index contributed by atoms with van der Waals surface area (Å²) in [5.41, 5.74) is 8.63. The number of thioether (sulfide) groups is 1. The van der Waals surface area contributed by atoms with Crippen LogP contribution in [0.2, 0.25) is 0 Å². The molecule has 2 heterocycles. The van der Waals surface area contributed by atoms with Crippen LogP contribution in [0, 0.1) is 0 Å². The number of carbonyl (C=O) groups is 1. The van der Waals surface area contributed by atoms with Crippen molar-refractivity contribution < 1.29 is 4.79 Å². The van der Waals surface area contributed by atoms with Crippen molar-refractivity contribution in [2.45, 2.75) is 11.7 Å². The van der Waals surface area contributed by atoms with Crippen LogP contribution in [0.15, 0.2) is 72.4 Å². The topological polar surface area (TPSA) is 80.3 Å². The van der Waals surface area contributed by atoms with Crippen molar-refractivity contribution in [3.05, 3.63) is 67.3 Å². The van der Waals surface area contributed by atoms with E-state index in [0.29, 0.717) is 23.1 Å². The number of hydrogen-bond donors (Lipinski definition) is 1. The molecule has 1 saturated heterocycles. The number of nitrogen functional groups attached to an aromatic ring is 1. The van der Waals surface area contributed by atoms with E-state index in [1.165, 1.54) is 17.4 Å². The van der Waals surface area contributed by atoms with Gasteiger partial charge in [-0.3, -0.25) is 9.36 Å². The van der Waals surface area contributed by atoms with Crippen LogP contribution in [0.1, 0.15) is 0 Å². The fourth-order valence-corrected chi connectivity index (χ4v) is 4.46. The van der Waals surface area contributed by atoms with Gasteiger partial charge in [-0.2, -0.15) is 0 Å². The minimum absolute atomic E-state index is 0.125. The maximum Gasteiger partial charge on any atom is 0.233 e. The molecule has 0 aliphatic carbocycles. The van der Waals surface area contributed by atoms with E-state index < -0.39 is 0 Å². The van der Waals surface area contributed by atoms with Gasteiger partial charge in [0.25, 0.3) is 0 Å². The lowest BCUT2D eigenvalue weighted by Gasteiger charge is -2.36. The lowest BCUT2D eigenvalue weighted by Crippen LogP contribution is -2.49. The number of nitrogens with zero attached hydrogens (tertiary/aromatic N) is 5. The van der Waals surface area contributed by atoms with Crippen LogP contribution < -0.4 is 10.6 Å². The molecule has 1 aromatic heterocycles. The summed E-state index contributed by atoms with van der Waals surface area (Å²) in [7, 11) is 0. The quantitative estimate of drug-likeness (QED) is 0.350. The predicted molar refractivity (Wildman–Crippen MR) is 126 cm³/mol. The van der Waals surface area contributed by atoms with Crippen LogP contribution in [0.25, 0.3) is 11.4 Å². The highest BCUT2D eigenvalue weighted by Gasteiger charge is 2.22. The molecule has 2 aromatic carbocycles. The molecule has 7 nitrogen and oxygen atoms in total. The standard InChI is InChI=1S/C23H26N6OS/c1-2-12-29-22(18-8-10-19(24)11-9-18)25-26-23(29)31-17-21(30)28-15-13-27(14-16-28)20-6-4-3-5-7-20/h2-11H,1,12-17,24H2. The Morgan fingerprint density at radius 3 is 2.42 bits per heavy atom.